The number of nitrogens with zero attached hydrogens (tertiary/aromatic N) is 2. The molecule has 1 amide bonds. The Morgan fingerprint density at radius 3 is 2.65 bits per heavy atom. The summed E-state index contributed by atoms with van der Waals surface area (Å²) in [7, 11) is 0. The monoisotopic (exact) mass is 506 g/mol. The minimum atomic E-state index is -3.80. The number of carbonyl (C=O) groups is 1. The van der Waals surface area contributed by atoms with Crippen molar-refractivity contribution in [1.82, 2.24) is 10.2 Å². The number of H-pyrrole nitrogens is 1. The topological polar surface area (TPSA) is 70.2 Å². The van der Waals surface area contributed by atoms with E-state index in [9.17, 15) is 13.6 Å². The number of hydrogen-bond donors (Lipinski definition) is 2. The van der Waals surface area contributed by atoms with E-state index in [1.165, 1.54) is 24.3 Å². The lowest BCUT2D eigenvalue weighted by molar-refractivity contribution is -0.0964. The molecule has 5 rings (SSSR count). The van der Waals surface area contributed by atoms with Crippen molar-refractivity contribution in [1.29, 1.82) is 0 Å². The van der Waals surface area contributed by atoms with E-state index < -0.39 is 5.57 Å². The van der Waals surface area contributed by atoms with Crippen LogP contribution in [0.4, 0.5) is 20.2 Å². The average Bonchev–Trinajstić information content (AvgIpc) is 3.43. The van der Waals surface area contributed by atoms with Gasteiger partial charge in [0.25, 0.3) is 5.91 Å². The summed E-state index contributed by atoms with van der Waals surface area (Å²) in [5.74, 6) is 0.836. The van der Waals surface area contributed by atoms with Gasteiger partial charge in [0.1, 0.15) is 5.75 Å². The molecule has 1 saturated carbocycles. The summed E-state index contributed by atoms with van der Waals surface area (Å²) in [5, 5.41) is 9.93. The molecule has 2 aromatic carbocycles. The van der Waals surface area contributed by atoms with Gasteiger partial charge in [-0.3, -0.25) is 9.89 Å². The van der Waals surface area contributed by atoms with E-state index >= 15 is 0 Å². The Morgan fingerprint density at radius 2 is 2.00 bits per heavy atom. The Hall–Kier alpha value is -2.84. The van der Waals surface area contributed by atoms with Crippen molar-refractivity contribution >= 4 is 40.5 Å². The molecule has 2 heterocycles. The molecule has 0 saturated heterocycles. The number of aromatic amines is 1. The van der Waals surface area contributed by atoms with Gasteiger partial charge < -0.3 is 15.0 Å². The maximum Gasteiger partial charge on any atom is 0.487 e. The Bertz CT molecular complexity index is 1180. The number of carbonyl (C=O) groups excluding carboxylic acids is 1. The Balaban J connectivity index is 1.40. The van der Waals surface area contributed by atoms with E-state index in [2.05, 4.69) is 25.2 Å². The van der Waals surface area contributed by atoms with Crippen LogP contribution in [0.15, 0.2) is 48.7 Å². The predicted molar refractivity (Wildman–Crippen MR) is 128 cm³/mol. The van der Waals surface area contributed by atoms with Crippen molar-refractivity contribution in [3.05, 3.63) is 59.8 Å². The van der Waals surface area contributed by atoms with Gasteiger partial charge in [-0.2, -0.15) is 5.10 Å². The van der Waals surface area contributed by atoms with Gasteiger partial charge in [0.15, 0.2) is 0 Å². The first-order valence-corrected chi connectivity index (χ1v) is 11.9. The van der Waals surface area contributed by atoms with Crippen LogP contribution in [0.3, 0.4) is 0 Å². The van der Waals surface area contributed by atoms with Crippen molar-refractivity contribution in [3.8, 4) is 17.0 Å². The van der Waals surface area contributed by atoms with Crippen LogP contribution in [0.2, 0.25) is 0 Å². The van der Waals surface area contributed by atoms with Crippen LogP contribution in [0.1, 0.15) is 28.8 Å². The molecule has 1 fully saturated rings. The number of benzene rings is 2. The number of halogens is 4. The van der Waals surface area contributed by atoms with E-state index in [-0.39, 0.29) is 11.7 Å². The highest BCUT2D eigenvalue weighted by atomic mass is 35.5. The van der Waals surface area contributed by atoms with Crippen molar-refractivity contribution in [2.24, 2.45) is 5.92 Å². The van der Waals surface area contributed by atoms with Crippen LogP contribution in [0, 0.1) is 5.92 Å². The fourth-order valence-corrected chi connectivity index (χ4v) is 5.05. The molecule has 2 aliphatic rings. The lowest BCUT2D eigenvalue weighted by atomic mass is 9.80. The van der Waals surface area contributed by atoms with E-state index in [1.54, 1.807) is 6.20 Å². The van der Waals surface area contributed by atoms with E-state index in [1.807, 2.05) is 18.2 Å². The van der Waals surface area contributed by atoms with Gasteiger partial charge in [0.2, 0.25) is 0 Å². The van der Waals surface area contributed by atoms with Crippen molar-refractivity contribution in [3.63, 3.8) is 0 Å². The smallest absolute Gasteiger partial charge is 0.420 e. The number of anilines is 2. The minimum Gasteiger partial charge on any atom is -0.420 e. The molecule has 2 N–H and O–H groups in total. The first kappa shape index (κ1) is 22.9. The lowest BCUT2D eigenvalue weighted by Crippen LogP contribution is -2.44. The van der Waals surface area contributed by atoms with E-state index in [0.717, 1.165) is 48.3 Å². The van der Waals surface area contributed by atoms with Crippen molar-refractivity contribution in [2.75, 3.05) is 22.6 Å². The second-order valence-corrected chi connectivity index (χ2v) is 9.37. The fourth-order valence-electron chi connectivity index (χ4n) is 4.71. The molecule has 6 nitrogen and oxygen atoms in total. The molecular formula is C24H22Cl2F2N4O2. The molecule has 0 bridgehead atoms. The molecule has 0 spiro atoms. The Labute approximate surface area is 205 Å². The normalized spacial score (nSPS) is 19.5. The zero-order valence-electron chi connectivity index (χ0n) is 18.0. The third-order valence-corrected chi connectivity index (χ3v) is 6.88. The quantitative estimate of drug-likeness (QED) is 0.392. The highest BCUT2D eigenvalue weighted by molar-refractivity contribution is 6.20. The number of rotatable bonds is 7. The molecule has 1 aromatic heterocycles. The molecule has 1 aliphatic heterocycles. The van der Waals surface area contributed by atoms with Crippen LogP contribution in [-0.2, 0) is 6.42 Å². The van der Waals surface area contributed by atoms with Crippen LogP contribution < -0.4 is 15.0 Å². The largest absolute Gasteiger partial charge is 0.487 e. The molecule has 3 aromatic rings. The van der Waals surface area contributed by atoms with Gasteiger partial charge in [-0.1, -0.05) is 0 Å². The molecule has 34 heavy (non-hydrogen) atoms. The first-order valence-electron chi connectivity index (χ1n) is 11.0. The number of alkyl halides is 4. The highest BCUT2D eigenvalue weighted by Crippen LogP contribution is 2.44. The second-order valence-electron chi connectivity index (χ2n) is 8.62. The van der Waals surface area contributed by atoms with Crippen molar-refractivity contribution < 1.29 is 18.3 Å². The third-order valence-electron chi connectivity index (χ3n) is 6.37. The number of hydrogen-bond acceptors (Lipinski definition) is 4. The zero-order chi connectivity index (χ0) is 23.9. The summed E-state index contributed by atoms with van der Waals surface area (Å²) in [6, 6.07) is 11.7. The summed E-state index contributed by atoms with van der Waals surface area (Å²) in [6.07, 6.45) is 4.68. The minimum absolute atomic E-state index is 0.107. The first-order chi connectivity index (χ1) is 16.3. The summed E-state index contributed by atoms with van der Waals surface area (Å²) in [6.45, 7) is 0.897. The molecule has 10 heteroatoms. The maximum atomic E-state index is 13.1. The SMILES string of the molecule is O=C(Nc1ccc(OC(F)(F)Cl)cc1)c1cc2c(c(-c3ccn[nH]3)c1)N(C1CC(CCl)C1)CC2. The molecule has 0 atom stereocenters. The van der Waals surface area contributed by atoms with Crippen LogP contribution in [0.5, 0.6) is 5.75 Å². The van der Waals surface area contributed by atoms with Gasteiger partial charge >= 0.3 is 5.57 Å². The highest BCUT2D eigenvalue weighted by Gasteiger charge is 2.37. The van der Waals surface area contributed by atoms with Crippen LogP contribution in [0.25, 0.3) is 11.3 Å². The molecule has 0 unspecified atom stereocenters. The van der Waals surface area contributed by atoms with Gasteiger partial charge in [-0.25, -0.2) is 0 Å². The predicted octanol–water partition coefficient (Wildman–Crippen LogP) is 5.88. The summed E-state index contributed by atoms with van der Waals surface area (Å²) in [5.41, 5.74) is 1.18. The molecule has 0 radical (unpaired) electrons. The van der Waals surface area contributed by atoms with E-state index in [0.29, 0.717) is 29.1 Å². The van der Waals surface area contributed by atoms with Crippen molar-refractivity contribution in [2.45, 2.75) is 30.9 Å². The third kappa shape index (κ3) is 4.70. The van der Waals surface area contributed by atoms with Crippen LogP contribution >= 0.6 is 23.2 Å². The summed E-state index contributed by atoms with van der Waals surface area (Å²) >= 11 is 10.8. The summed E-state index contributed by atoms with van der Waals surface area (Å²) < 4.78 is 29.9. The van der Waals surface area contributed by atoms with Gasteiger partial charge in [0.05, 0.1) is 5.69 Å². The Kier molecular flexibility index (Phi) is 6.12. The van der Waals surface area contributed by atoms with Gasteiger partial charge in [-0.15, -0.1) is 20.4 Å². The number of aromatic nitrogens is 2. The number of amides is 1. The lowest BCUT2D eigenvalue weighted by Gasteiger charge is -2.42. The van der Waals surface area contributed by atoms with E-state index in [4.69, 9.17) is 23.2 Å². The van der Waals surface area contributed by atoms with Gasteiger partial charge in [0, 0.05) is 58.8 Å². The fraction of sp³-hybridized carbons (Fsp3) is 0.333. The summed E-state index contributed by atoms with van der Waals surface area (Å²) in [4.78, 5) is 15.5. The molecular weight excluding hydrogens is 485 g/mol. The second kappa shape index (κ2) is 9.07. The zero-order valence-corrected chi connectivity index (χ0v) is 19.5. The maximum absolute atomic E-state index is 13.1. The standard InChI is InChI=1S/C24H22Cl2F2N4O2/c25-13-14-9-18(10-14)32-8-6-15-11-16(12-20(22(15)32)21-5-7-29-31-21)23(33)30-17-1-3-19(4-2-17)34-24(26,27)28/h1-5,7,11-12,14,18H,6,8-10,13H2,(H,29,31)(H,30,33). The molecule has 1 aliphatic carbocycles. The number of fused-ring (bicyclic) bond motifs is 1. The average molecular weight is 507 g/mol. The number of nitrogens with one attached hydrogen (secondary N) is 2. The van der Waals surface area contributed by atoms with Crippen LogP contribution in [-0.4, -0.2) is 40.1 Å². The molecule has 178 valence electrons. The number of ether oxygens (including phenoxy) is 1. The Morgan fingerprint density at radius 1 is 1.24 bits per heavy atom. The van der Waals surface area contributed by atoms with Gasteiger partial charge in [-0.05, 0) is 73.2 Å².